The van der Waals surface area contributed by atoms with Crippen LogP contribution in [0.2, 0.25) is 0 Å². The summed E-state index contributed by atoms with van der Waals surface area (Å²) in [6.07, 6.45) is 1.92. The lowest BCUT2D eigenvalue weighted by molar-refractivity contribution is 0.317. The van der Waals surface area contributed by atoms with Crippen molar-refractivity contribution in [1.29, 1.82) is 0 Å². The molecule has 0 amide bonds. The molecule has 0 radical (unpaired) electrons. The molecule has 102 valence electrons. The van der Waals surface area contributed by atoms with Crippen molar-refractivity contribution >= 4 is 0 Å². The van der Waals surface area contributed by atoms with Gasteiger partial charge in [0.2, 0.25) is 0 Å². The van der Waals surface area contributed by atoms with Gasteiger partial charge >= 0.3 is 0 Å². The smallest absolute Gasteiger partial charge is 0.161 e. The van der Waals surface area contributed by atoms with Gasteiger partial charge in [-0.05, 0) is 30.7 Å². The molecule has 5 heteroatoms. The highest BCUT2D eigenvalue weighted by Crippen LogP contribution is 2.26. The topological polar surface area (TPSA) is 59.3 Å². The molecule has 0 saturated heterocycles. The molecule has 0 saturated carbocycles. The Morgan fingerprint density at radius 3 is 2.84 bits per heavy atom. The molecular weight excluding hydrogens is 242 g/mol. The average molecular weight is 261 g/mol. The Bertz CT molecular complexity index is 537. The number of aromatic nitrogens is 2. The SMILES string of the molecule is CCOc1cc(CNCc2ccn(C)n2)ccc1O. The summed E-state index contributed by atoms with van der Waals surface area (Å²) in [7, 11) is 1.90. The third-order valence-corrected chi connectivity index (χ3v) is 2.73. The maximum Gasteiger partial charge on any atom is 0.161 e. The van der Waals surface area contributed by atoms with Crippen LogP contribution >= 0.6 is 0 Å². The molecule has 0 aliphatic heterocycles. The highest BCUT2D eigenvalue weighted by atomic mass is 16.5. The molecule has 19 heavy (non-hydrogen) atoms. The Kier molecular flexibility index (Phi) is 4.41. The molecule has 2 N–H and O–H groups in total. The Morgan fingerprint density at radius 2 is 2.16 bits per heavy atom. The number of aryl methyl sites for hydroxylation is 1. The van der Waals surface area contributed by atoms with Crippen molar-refractivity contribution in [2.45, 2.75) is 20.0 Å². The van der Waals surface area contributed by atoms with Crippen molar-refractivity contribution in [3.05, 3.63) is 41.7 Å². The first kappa shape index (κ1) is 13.4. The largest absolute Gasteiger partial charge is 0.504 e. The molecule has 2 aromatic rings. The first-order valence-electron chi connectivity index (χ1n) is 6.33. The zero-order chi connectivity index (χ0) is 13.7. The Hall–Kier alpha value is -2.01. The summed E-state index contributed by atoms with van der Waals surface area (Å²) in [6, 6.07) is 7.37. The number of nitrogens with one attached hydrogen (secondary N) is 1. The number of ether oxygens (including phenoxy) is 1. The van der Waals surface area contributed by atoms with Gasteiger partial charge in [0, 0.05) is 26.3 Å². The fourth-order valence-electron chi connectivity index (χ4n) is 1.83. The molecule has 0 unspecified atom stereocenters. The standard InChI is InChI=1S/C14H19N3O2/c1-3-19-14-8-11(4-5-13(14)18)9-15-10-12-6-7-17(2)16-12/h4-8,15,18H,3,9-10H2,1-2H3. The van der Waals surface area contributed by atoms with Crippen molar-refractivity contribution < 1.29 is 9.84 Å². The summed E-state index contributed by atoms with van der Waals surface area (Å²) >= 11 is 0. The normalized spacial score (nSPS) is 10.6. The van der Waals surface area contributed by atoms with Gasteiger partial charge in [0.25, 0.3) is 0 Å². The summed E-state index contributed by atoms with van der Waals surface area (Å²) in [5, 5.41) is 17.2. The first-order chi connectivity index (χ1) is 9.19. The average Bonchev–Trinajstić information content (AvgIpc) is 2.79. The molecule has 1 aromatic heterocycles. The van der Waals surface area contributed by atoms with E-state index < -0.39 is 0 Å². The summed E-state index contributed by atoms with van der Waals surface area (Å²) in [5.74, 6) is 0.704. The van der Waals surface area contributed by atoms with Crippen LogP contribution in [-0.2, 0) is 20.1 Å². The van der Waals surface area contributed by atoms with Crippen molar-refractivity contribution in [2.24, 2.45) is 7.05 Å². The van der Waals surface area contributed by atoms with Crippen LogP contribution in [0, 0.1) is 0 Å². The van der Waals surface area contributed by atoms with E-state index in [4.69, 9.17) is 4.74 Å². The molecule has 0 aliphatic carbocycles. The lowest BCUT2D eigenvalue weighted by Crippen LogP contribution is -2.13. The number of hydrogen-bond acceptors (Lipinski definition) is 4. The van der Waals surface area contributed by atoms with Crippen molar-refractivity contribution in [3.63, 3.8) is 0 Å². The van der Waals surface area contributed by atoms with Crippen LogP contribution in [0.3, 0.4) is 0 Å². The summed E-state index contributed by atoms with van der Waals surface area (Å²) in [6.45, 7) is 3.85. The monoisotopic (exact) mass is 261 g/mol. The van der Waals surface area contributed by atoms with E-state index in [-0.39, 0.29) is 5.75 Å². The van der Waals surface area contributed by atoms with Gasteiger partial charge in [-0.3, -0.25) is 4.68 Å². The highest BCUT2D eigenvalue weighted by Gasteiger charge is 2.03. The molecule has 1 heterocycles. The van der Waals surface area contributed by atoms with E-state index >= 15 is 0 Å². The van der Waals surface area contributed by atoms with Crippen molar-refractivity contribution in [3.8, 4) is 11.5 Å². The summed E-state index contributed by atoms with van der Waals surface area (Å²) < 4.78 is 7.13. The van der Waals surface area contributed by atoms with Gasteiger partial charge in [0.1, 0.15) is 0 Å². The van der Waals surface area contributed by atoms with Gasteiger partial charge in [-0.15, -0.1) is 0 Å². The minimum absolute atomic E-state index is 0.176. The predicted molar refractivity (Wildman–Crippen MR) is 73.0 cm³/mol. The third kappa shape index (κ3) is 3.72. The maximum absolute atomic E-state index is 9.61. The van der Waals surface area contributed by atoms with Gasteiger partial charge in [-0.2, -0.15) is 5.10 Å². The zero-order valence-corrected chi connectivity index (χ0v) is 11.3. The molecule has 0 fully saturated rings. The zero-order valence-electron chi connectivity index (χ0n) is 11.3. The molecule has 5 nitrogen and oxygen atoms in total. The van der Waals surface area contributed by atoms with Crippen LogP contribution in [0.4, 0.5) is 0 Å². The molecule has 1 aromatic carbocycles. The molecule has 0 spiro atoms. The first-order valence-corrected chi connectivity index (χ1v) is 6.33. The van der Waals surface area contributed by atoms with Crippen LogP contribution in [0.15, 0.2) is 30.5 Å². The second-order valence-corrected chi connectivity index (χ2v) is 4.32. The van der Waals surface area contributed by atoms with E-state index in [0.29, 0.717) is 25.4 Å². The van der Waals surface area contributed by atoms with Crippen molar-refractivity contribution in [2.75, 3.05) is 6.61 Å². The van der Waals surface area contributed by atoms with E-state index in [1.807, 2.05) is 38.4 Å². The van der Waals surface area contributed by atoms with Crippen LogP contribution in [0.5, 0.6) is 11.5 Å². The predicted octanol–water partition coefficient (Wildman–Crippen LogP) is 1.81. The van der Waals surface area contributed by atoms with E-state index in [0.717, 1.165) is 11.3 Å². The lowest BCUT2D eigenvalue weighted by Gasteiger charge is -2.08. The Balaban J connectivity index is 1.90. The fraction of sp³-hybridized carbons (Fsp3) is 0.357. The number of nitrogens with zero attached hydrogens (tertiary/aromatic N) is 2. The van der Waals surface area contributed by atoms with Crippen LogP contribution in [0.1, 0.15) is 18.2 Å². The summed E-state index contributed by atoms with van der Waals surface area (Å²) in [5.41, 5.74) is 2.07. The van der Waals surface area contributed by atoms with Crippen LogP contribution < -0.4 is 10.1 Å². The second kappa shape index (κ2) is 6.24. The van der Waals surface area contributed by atoms with Crippen LogP contribution in [-0.4, -0.2) is 21.5 Å². The van der Waals surface area contributed by atoms with Gasteiger partial charge in [0.15, 0.2) is 11.5 Å². The Morgan fingerprint density at radius 1 is 1.32 bits per heavy atom. The van der Waals surface area contributed by atoms with E-state index in [1.54, 1.807) is 10.7 Å². The van der Waals surface area contributed by atoms with E-state index in [2.05, 4.69) is 10.4 Å². The van der Waals surface area contributed by atoms with E-state index in [1.165, 1.54) is 0 Å². The summed E-state index contributed by atoms with van der Waals surface area (Å²) in [4.78, 5) is 0. The lowest BCUT2D eigenvalue weighted by atomic mass is 10.2. The highest BCUT2D eigenvalue weighted by molar-refractivity contribution is 5.41. The van der Waals surface area contributed by atoms with E-state index in [9.17, 15) is 5.11 Å². The quantitative estimate of drug-likeness (QED) is 0.832. The molecular formula is C14H19N3O2. The third-order valence-electron chi connectivity index (χ3n) is 2.73. The van der Waals surface area contributed by atoms with Crippen LogP contribution in [0.25, 0.3) is 0 Å². The number of phenolic OH excluding ortho intramolecular Hbond substituents is 1. The molecule has 2 rings (SSSR count). The number of hydrogen-bond donors (Lipinski definition) is 2. The number of phenols is 1. The number of benzene rings is 1. The van der Waals surface area contributed by atoms with Gasteiger partial charge in [-0.1, -0.05) is 6.07 Å². The maximum atomic E-state index is 9.61. The second-order valence-electron chi connectivity index (χ2n) is 4.32. The minimum Gasteiger partial charge on any atom is -0.504 e. The fourth-order valence-corrected chi connectivity index (χ4v) is 1.83. The molecule has 0 atom stereocenters. The minimum atomic E-state index is 0.176. The molecule has 0 aliphatic rings. The van der Waals surface area contributed by atoms with Crippen molar-refractivity contribution in [1.82, 2.24) is 15.1 Å². The Labute approximate surface area is 112 Å². The molecule has 0 bridgehead atoms. The van der Waals surface area contributed by atoms with Gasteiger partial charge in [0.05, 0.1) is 12.3 Å². The van der Waals surface area contributed by atoms with Gasteiger partial charge < -0.3 is 15.2 Å². The van der Waals surface area contributed by atoms with Gasteiger partial charge in [-0.25, -0.2) is 0 Å². The number of aromatic hydroxyl groups is 1. The number of rotatable bonds is 6.